The van der Waals surface area contributed by atoms with Crippen LogP contribution < -0.4 is 4.74 Å². The van der Waals surface area contributed by atoms with Crippen LogP contribution in [0.25, 0.3) is 6.08 Å². The molecule has 134 valence electrons. The molecule has 0 bridgehead atoms. The molecule has 0 saturated carbocycles. The number of hydrogen-bond donors (Lipinski definition) is 1. The average Bonchev–Trinajstić information content (AvgIpc) is 2.87. The first kappa shape index (κ1) is 18.4. The van der Waals surface area contributed by atoms with Gasteiger partial charge in [-0.2, -0.15) is 0 Å². The minimum absolute atomic E-state index is 0.0276. The second-order valence-corrected chi connectivity index (χ2v) is 6.98. The molecule has 2 amide bonds. The molecule has 0 aliphatic carbocycles. The van der Waals surface area contributed by atoms with E-state index in [0.29, 0.717) is 27.8 Å². The van der Waals surface area contributed by atoms with E-state index in [1.807, 2.05) is 6.92 Å². The molecule has 26 heavy (non-hydrogen) atoms. The van der Waals surface area contributed by atoms with Crippen LogP contribution in [0.5, 0.6) is 11.5 Å². The smallest absolute Gasteiger partial charge is 0.293 e. The highest BCUT2D eigenvalue weighted by Gasteiger charge is 2.35. The summed E-state index contributed by atoms with van der Waals surface area (Å²) in [6.07, 6.45) is 1.62. The number of imide groups is 1. The molecule has 2 aromatic carbocycles. The van der Waals surface area contributed by atoms with E-state index >= 15 is 0 Å². The quantitative estimate of drug-likeness (QED) is 0.752. The van der Waals surface area contributed by atoms with E-state index in [0.717, 1.165) is 17.3 Å². The fraction of sp³-hybridized carbons (Fsp3) is 0.158. The highest BCUT2D eigenvalue weighted by atomic mass is 35.5. The first-order valence-electron chi connectivity index (χ1n) is 7.93. The summed E-state index contributed by atoms with van der Waals surface area (Å²) in [5.41, 5.74) is 1.49. The molecule has 0 radical (unpaired) electrons. The molecule has 0 aromatic heterocycles. The lowest BCUT2D eigenvalue weighted by atomic mass is 10.1. The van der Waals surface area contributed by atoms with Crippen molar-refractivity contribution in [1.29, 1.82) is 0 Å². The Kier molecular flexibility index (Phi) is 5.54. The Morgan fingerprint density at radius 1 is 1.19 bits per heavy atom. The predicted octanol–water partition coefficient (Wildman–Crippen LogP) is 4.68. The van der Waals surface area contributed by atoms with Crippen LogP contribution in [0.2, 0.25) is 5.02 Å². The lowest BCUT2D eigenvalue weighted by Crippen LogP contribution is -2.27. The number of phenolic OH excluding ortho intramolecular Hbond substituents is 1. The number of ether oxygens (including phenoxy) is 1. The monoisotopic (exact) mass is 389 g/mol. The van der Waals surface area contributed by atoms with Gasteiger partial charge in [0.15, 0.2) is 11.5 Å². The summed E-state index contributed by atoms with van der Waals surface area (Å²) in [6.45, 7) is 2.42. The zero-order valence-electron chi connectivity index (χ0n) is 13.9. The van der Waals surface area contributed by atoms with E-state index in [2.05, 4.69) is 0 Å². The van der Waals surface area contributed by atoms with Gasteiger partial charge in [0.05, 0.1) is 18.1 Å². The zero-order valence-corrected chi connectivity index (χ0v) is 15.5. The predicted molar refractivity (Wildman–Crippen MR) is 102 cm³/mol. The summed E-state index contributed by atoms with van der Waals surface area (Å²) in [4.78, 5) is 26.3. The molecule has 7 heteroatoms. The Balaban J connectivity index is 1.80. The molecule has 1 saturated heterocycles. The maximum atomic E-state index is 12.6. The highest BCUT2D eigenvalue weighted by molar-refractivity contribution is 8.18. The van der Waals surface area contributed by atoms with Gasteiger partial charge in [0.1, 0.15) is 0 Å². The molecule has 0 unspecified atom stereocenters. The van der Waals surface area contributed by atoms with E-state index in [4.69, 9.17) is 16.3 Å². The van der Waals surface area contributed by atoms with Crippen molar-refractivity contribution >= 4 is 40.6 Å². The number of amides is 2. The fourth-order valence-electron chi connectivity index (χ4n) is 2.45. The topological polar surface area (TPSA) is 66.8 Å². The lowest BCUT2D eigenvalue weighted by molar-refractivity contribution is -0.123. The van der Waals surface area contributed by atoms with Gasteiger partial charge >= 0.3 is 0 Å². The Bertz CT molecular complexity index is 880. The second-order valence-electron chi connectivity index (χ2n) is 5.55. The number of carbonyl (C=O) groups excluding carboxylic acids is 2. The fourth-order valence-corrected chi connectivity index (χ4v) is 3.42. The molecule has 3 rings (SSSR count). The minimum Gasteiger partial charge on any atom is -0.504 e. The van der Waals surface area contributed by atoms with Crippen molar-refractivity contribution in [3.05, 3.63) is 63.5 Å². The SMILES string of the molecule is CCOc1cc(/C=C2\SC(=O)N(Cc3ccc(Cl)cc3)C2=O)ccc1O. The molecule has 1 fully saturated rings. The number of benzene rings is 2. The number of hydrogen-bond acceptors (Lipinski definition) is 5. The lowest BCUT2D eigenvalue weighted by Gasteiger charge is -2.12. The van der Waals surface area contributed by atoms with E-state index < -0.39 is 0 Å². The molecular weight excluding hydrogens is 374 g/mol. The Morgan fingerprint density at radius 2 is 1.92 bits per heavy atom. The van der Waals surface area contributed by atoms with Gasteiger partial charge in [-0.1, -0.05) is 29.8 Å². The Labute approximate surface area is 160 Å². The maximum absolute atomic E-state index is 12.6. The number of rotatable bonds is 5. The van der Waals surface area contributed by atoms with Crippen LogP contribution in [0.1, 0.15) is 18.1 Å². The minimum atomic E-state index is -0.346. The van der Waals surface area contributed by atoms with Gasteiger partial charge in [-0.3, -0.25) is 14.5 Å². The average molecular weight is 390 g/mol. The highest BCUT2D eigenvalue weighted by Crippen LogP contribution is 2.35. The molecule has 1 aliphatic heterocycles. The van der Waals surface area contributed by atoms with Crippen LogP contribution in [-0.4, -0.2) is 27.8 Å². The van der Waals surface area contributed by atoms with Crippen molar-refractivity contribution in [1.82, 2.24) is 4.90 Å². The third-order valence-corrected chi connectivity index (χ3v) is 4.87. The van der Waals surface area contributed by atoms with E-state index in [1.54, 1.807) is 42.5 Å². The number of halogens is 1. The van der Waals surface area contributed by atoms with Crippen molar-refractivity contribution in [2.24, 2.45) is 0 Å². The standard InChI is InChI=1S/C19H16ClNO4S/c1-2-25-16-9-13(5-8-15(16)22)10-17-18(23)21(19(24)26-17)11-12-3-6-14(20)7-4-12/h3-10,22H,2,11H2,1H3/b17-10-. The van der Waals surface area contributed by atoms with Crippen LogP contribution in [0.4, 0.5) is 4.79 Å². The van der Waals surface area contributed by atoms with Gasteiger partial charge in [-0.25, -0.2) is 0 Å². The second kappa shape index (κ2) is 7.85. The number of carbonyl (C=O) groups is 2. The Hall–Kier alpha value is -2.44. The van der Waals surface area contributed by atoms with Crippen molar-refractivity contribution in [2.45, 2.75) is 13.5 Å². The molecule has 0 atom stereocenters. The molecule has 2 aromatic rings. The number of phenols is 1. The third kappa shape index (κ3) is 4.03. The maximum Gasteiger partial charge on any atom is 0.293 e. The van der Waals surface area contributed by atoms with Gasteiger partial charge in [0, 0.05) is 5.02 Å². The molecule has 0 spiro atoms. The van der Waals surface area contributed by atoms with Crippen molar-refractivity contribution in [2.75, 3.05) is 6.61 Å². The van der Waals surface area contributed by atoms with Gasteiger partial charge in [-0.15, -0.1) is 0 Å². The summed E-state index contributed by atoms with van der Waals surface area (Å²) in [5, 5.41) is 10.0. The van der Waals surface area contributed by atoms with E-state index in [-0.39, 0.29) is 23.4 Å². The molecular formula is C19H16ClNO4S. The van der Waals surface area contributed by atoms with Crippen molar-refractivity contribution in [3.8, 4) is 11.5 Å². The summed E-state index contributed by atoms with van der Waals surface area (Å²) in [6, 6.07) is 11.8. The van der Waals surface area contributed by atoms with E-state index in [1.165, 1.54) is 11.0 Å². The number of aromatic hydroxyl groups is 1. The van der Waals surface area contributed by atoms with Gasteiger partial charge in [0.25, 0.3) is 11.1 Å². The van der Waals surface area contributed by atoms with Gasteiger partial charge < -0.3 is 9.84 Å². The molecule has 5 nitrogen and oxygen atoms in total. The van der Waals surface area contributed by atoms with Crippen LogP contribution in [0.15, 0.2) is 47.4 Å². The number of nitrogens with zero attached hydrogens (tertiary/aromatic N) is 1. The van der Waals surface area contributed by atoms with Crippen LogP contribution in [0, 0.1) is 0 Å². The summed E-state index contributed by atoms with van der Waals surface area (Å²) >= 11 is 6.75. The van der Waals surface area contributed by atoms with Crippen molar-refractivity contribution < 1.29 is 19.4 Å². The normalized spacial score (nSPS) is 15.8. The largest absolute Gasteiger partial charge is 0.504 e. The first-order chi connectivity index (χ1) is 12.5. The summed E-state index contributed by atoms with van der Waals surface area (Å²) in [7, 11) is 0. The Morgan fingerprint density at radius 3 is 2.62 bits per heavy atom. The number of thioether (sulfide) groups is 1. The molecule has 1 aliphatic rings. The summed E-state index contributed by atoms with van der Waals surface area (Å²) < 4.78 is 5.34. The zero-order chi connectivity index (χ0) is 18.7. The van der Waals surface area contributed by atoms with Crippen LogP contribution in [-0.2, 0) is 11.3 Å². The molecule has 1 N–H and O–H groups in total. The first-order valence-corrected chi connectivity index (χ1v) is 9.13. The van der Waals surface area contributed by atoms with E-state index in [9.17, 15) is 14.7 Å². The molecule has 1 heterocycles. The van der Waals surface area contributed by atoms with Crippen molar-refractivity contribution in [3.63, 3.8) is 0 Å². The third-order valence-electron chi connectivity index (χ3n) is 3.71. The van der Waals surface area contributed by atoms with Crippen LogP contribution >= 0.6 is 23.4 Å². The summed E-state index contributed by atoms with van der Waals surface area (Å²) in [5.74, 6) is 0.0162. The van der Waals surface area contributed by atoms with Crippen LogP contribution in [0.3, 0.4) is 0 Å². The van der Waals surface area contributed by atoms with Gasteiger partial charge in [0.2, 0.25) is 0 Å². The van der Waals surface area contributed by atoms with Gasteiger partial charge in [-0.05, 0) is 60.2 Å².